The van der Waals surface area contributed by atoms with Gasteiger partial charge < -0.3 is 0 Å². The van der Waals surface area contributed by atoms with Gasteiger partial charge in [-0.2, -0.15) is 14.3 Å². The van der Waals surface area contributed by atoms with E-state index in [9.17, 15) is 4.79 Å². The highest BCUT2D eigenvalue weighted by molar-refractivity contribution is 5.84. The highest BCUT2D eigenvalue weighted by atomic mass is 16.2. The summed E-state index contributed by atoms with van der Waals surface area (Å²) in [6.45, 7) is 2.00. The largest absolute Gasteiger partial charge is 0.502 e. The number of carbonyl (C=O) groups excluding carboxylic acids is 1. The number of pyridine rings is 1. The molecule has 0 atom stereocenters. The summed E-state index contributed by atoms with van der Waals surface area (Å²) in [7, 11) is 1.77. The molecule has 0 aliphatic heterocycles. The van der Waals surface area contributed by atoms with Crippen molar-refractivity contribution in [1.29, 1.82) is 0 Å². The van der Waals surface area contributed by atoms with Crippen LogP contribution in [-0.4, -0.2) is 13.1 Å². The molecule has 0 radical (unpaired) electrons. The van der Waals surface area contributed by atoms with Gasteiger partial charge in [0.25, 0.3) is 0 Å². The Balaban J connectivity index is 2.23. The molecule has 0 saturated carbocycles. The SMILES string of the molecule is Cc1cc[n+](C(=O)N(C)c2ccccc2)cc1. The molecule has 1 aromatic carbocycles. The van der Waals surface area contributed by atoms with Gasteiger partial charge in [0.1, 0.15) is 5.69 Å². The van der Waals surface area contributed by atoms with Gasteiger partial charge in [0.2, 0.25) is 0 Å². The van der Waals surface area contributed by atoms with E-state index in [0.29, 0.717) is 0 Å². The van der Waals surface area contributed by atoms with Crippen LogP contribution in [0.25, 0.3) is 0 Å². The highest BCUT2D eigenvalue weighted by Crippen LogP contribution is 2.10. The van der Waals surface area contributed by atoms with Crippen LogP contribution in [0.1, 0.15) is 5.56 Å². The fourth-order valence-corrected chi connectivity index (χ4v) is 1.56. The van der Waals surface area contributed by atoms with Crippen LogP contribution in [-0.2, 0) is 0 Å². The molecule has 86 valence electrons. The molecule has 0 saturated heterocycles. The zero-order valence-corrected chi connectivity index (χ0v) is 10.00. The molecule has 0 N–H and O–H groups in total. The number of anilines is 1. The van der Waals surface area contributed by atoms with Gasteiger partial charge in [-0.3, -0.25) is 0 Å². The Morgan fingerprint density at radius 1 is 1.06 bits per heavy atom. The fourth-order valence-electron chi connectivity index (χ4n) is 1.56. The van der Waals surface area contributed by atoms with Gasteiger partial charge in [0.15, 0.2) is 0 Å². The minimum absolute atomic E-state index is 0.0730. The first-order chi connectivity index (χ1) is 8.18. The molecule has 0 bridgehead atoms. The second-order valence-corrected chi connectivity index (χ2v) is 3.96. The first-order valence-electron chi connectivity index (χ1n) is 5.49. The number of nitrogens with zero attached hydrogens (tertiary/aromatic N) is 2. The van der Waals surface area contributed by atoms with Crippen molar-refractivity contribution in [2.45, 2.75) is 6.92 Å². The number of amides is 1. The molecule has 3 heteroatoms. The van der Waals surface area contributed by atoms with E-state index in [1.165, 1.54) is 0 Å². The summed E-state index contributed by atoms with van der Waals surface area (Å²) in [5.41, 5.74) is 2.02. The van der Waals surface area contributed by atoms with Gasteiger partial charge in [-0.25, -0.2) is 0 Å². The molecule has 0 fully saturated rings. The second kappa shape index (κ2) is 4.78. The lowest BCUT2D eigenvalue weighted by Gasteiger charge is -2.09. The first-order valence-corrected chi connectivity index (χ1v) is 5.49. The minimum atomic E-state index is -0.0730. The number of benzene rings is 1. The zero-order valence-electron chi connectivity index (χ0n) is 10.00. The number of carbonyl (C=O) groups is 1. The standard InChI is InChI=1S/C14H15N2O/c1-12-8-10-16(11-9-12)14(17)15(2)13-6-4-3-5-7-13/h3-11H,1-2H3/q+1. The number of hydrogen-bond acceptors (Lipinski definition) is 1. The maximum absolute atomic E-state index is 12.1. The predicted molar refractivity (Wildman–Crippen MR) is 67.0 cm³/mol. The van der Waals surface area contributed by atoms with Crippen LogP contribution in [0.2, 0.25) is 0 Å². The number of rotatable bonds is 1. The lowest BCUT2D eigenvalue weighted by atomic mass is 10.3. The molecule has 0 aliphatic rings. The highest BCUT2D eigenvalue weighted by Gasteiger charge is 2.21. The topological polar surface area (TPSA) is 24.2 Å². The molecular weight excluding hydrogens is 212 g/mol. The van der Waals surface area contributed by atoms with Crippen LogP contribution < -0.4 is 9.47 Å². The van der Waals surface area contributed by atoms with E-state index in [0.717, 1.165) is 11.3 Å². The van der Waals surface area contributed by atoms with Crippen LogP contribution >= 0.6 is 0 Å². The fraction of sp³-hybridized carbons (Fsp3) is 0.143. The lowest BCUT2D eigenvalue weighted by molar-refractivity contribution is -0.569. The van der Waals surface area contributed by atoms with Gasteiger partial charge in [-0.05, 0) is 36.8 Å². The molecule has 1 heterocycles. The molecule has 0 aliphatic carbocycles. The monoisotopic (exact) mass is 227 g/mol. The molecule has 0 unspecified atom stereocenters. The van der Waals surface area contributed by atoms with Gasteiger partial charge in [-0.1, -0.05) is 18.2 Å². The van der Waals surface area contributed by atoms with Gasteiger partial charge in [0.05, 0.1) is 19.4 Å². The van der Waals surface area contributed by atoms with E-state index in [1.807, 2.05) is 49.4 Å². The Kier molecular flexibility index (Phi) is 3.19. The maximum atomic E-state index is 12.1. The van der Waals surface area contributed by atoms with Crippen LogP contribution in [0.3, 0.4) is 0 Å². The third-order valence-electron chi connectivity index (χ3n) is 2.65. The summed E-state index contributed by atoms with van der Waals surface area (Å²) in [5, 5.41) is 0. The normalized spacial score (nSPS) is 10.0. The number of para-hydroxylation sites is 1. The molecular formula is C14H15N2O+. The predicted octanol–water partition coefficient (Wildman–Crippen LogP) is 2.39. The van der Waals surface area contributed by atoms with Gasteiger partial charge >= 0.3 is 6.03 Å². The number of hydrogen-bond donors (Lipinski definition) is 0. The maximum Gasteiger partial charge on any atom is 0.502 e. The van der Waals surface area contributed by atoms with E-state index in [2.05, 4.69) is 0 Å². The van der Waals surface area contributed by atoms with Gasteiger partial charge in [-0.15, -0.1) is 0 Å². The number of aryl methyl sites for hydroxylation is 1. The van der Waals surface area contributed by atoms with Crippen molar-refractivity contribution in [3.05, 3.63) is 60.4 Å². The molecule has 1 aromatic heterocycles. The Morgan fingerprint density at radius 3 is 2.24 bits per heavy atom. The Morgan fingerprint density at radius 2 is 1.65 bits per heavy atom. The van der Waals surface area contributed by atoms with Crippen LogP contribution in [0.4, 0.5) is 10.5 Å². The molecule has 2 aromatic rings. The quantitative estimate of drug-likeness (QED) is 0.686. The van der Waals surface area contributed by atoms with Crippen molar-refractivity contribution in [2.75, 3.05) is 11.9 Å². The van der Waals surface area contributed by atoms with E-state index in [4.69, 9.17) is 0 Å². The van der Waals surface area contributed by atoms with Crippen LogP contribution in [0.5, 0.6) is 0 Å². The zero-order chi connectivity index (χ0) is 12.3. The van der Waals surface area contributed by atoms with Crippen molar-refractivity contribution in [2.24, 2.45) is 0 Å². The summed E-state index contributed by atoms with van der Waals surface area (Å²) in [5.74, 6) is 0. The van der Waals surface area contributed by atoms with E-state index in [-0.39, 0.29) is 6.03 Å². The smallest absolute Gasteiger partial charge is 0.196 e. The van der Waals surface area contributed by atoms with Crippen molar-refractivity contribution < 1.29 is 9.36 Å². The van der Waals surface area contributed by atoms with E-state index < -0.39 is 0 Å². The number of aromatic nitrogens is 1. The third-order valence-corrected chi connectivity index (χ3v) is 2.65. The Bertz CT molecular complexity index is 506. The van der Waals surface area contributed by atoms with Crippen molar-refractivity contribution in [3.8, 4) is 0 Å². The molecule has 2 rings (SSSR count). The summed E-state index contributed by atoms with van der Waals surface area (Å²) >= 11 is 0. The summed E-state index contributed by atoms with van der Waals surface area (Å²) in [6.07, 6.45) is 3.55. The Hall–Kier alpha value is -2.16. The molecule has 17 heavy (non-hydrogen) atoms. The Labute approximate surface area is 101 Å². The lowest BCUT2D eigenvalue weighted by Crippen LogP contribution is -2.50. The first kappa shape index (κ1) is 11.3. The summed E-state index contributed by atoms with van der Waals surface area (Å²) in [4.78, 5) is 13.8. The average Bonchev–Trinajstić information content (AvgIpc) is 2.39. The van der Waals surface area contributed by atoms with E-state index >= 15 is 0 Å². The summed E-state index contributed by atoms with van der Waals surface area (Å²) < 4.78 is 1.57. The molecule has 1 amide bonds. The third kappa shape index (κ3) is 2.50. The van der Waals surface area contributed by atoms with Crippen molar-refractivity contribution in [3.63, 3.8) is 0 Å². The van der Waals surface area contributed by atoms with Crippen molar-refractivity contribution in [1.82, 2.24) is 0 Å². The minimum Gasteiger partial charge on any atom is -0.196 e. The van der Waals surface area contributed by atoms with Gasteiger partial charge in [0, 0.05) is 0 Å². The van der Waals surface area contributed by atoms with Crippen molar-refractivity contribution >= 4 is 11.7 Å². The average molecular weight is 227 g/mol. The summed E-state index contributed by atoms with van der Waals surface area (Å²) in [6, 6.07) is 13.3. The molecule has 3 nitrogen and oxygen atoms in total. The van der Waals surface area contributed by atoms with Crippen LogP contribution in [0.15, 0.2) is 54.9 Å². The van der Waals surface area contributed by atoms with E-state index in [1.54, 1.807) is 28.9 Å². The van der Waals surface area contributed by atoms with Crippen LogP contribution in [0, 0.1) is 6.92 Å². The second-order valence-electron chi connectivity index (χ2n) is 3.96. The molecule has 0 spiro atoms.